The highest BCUT2D eigenvalue weighted by Gasteiger charge is 2.16. The Bertz CT molecular complexity index is 407. The van der Waals surface area contributed by atoms with E-state index >= 15 is 0 Å². The highest BCUT2D eigenvalue weighted by molar-refractivity contribution is 5.67. The van der Waals surface area contributed by atoms with Gasteiger partial charge in [0.15, 0.2) is 11.6 Å². The highest BCUT2D eigenvalue weighted by atomic mass is 19.2. The lowest BCUT2D eigenvalue weighted by Crippen LogP contribution is -2.32. The smallest absolute Gasteiger partial charge is 0.304 e. The van der Waals surface area contributed by atoms with Crippen LogP contribution < -0.4 is 0 Å². The van der Waals surface area contributed by atoms with Crippen molar-refractivity contribution in [3.8, 4) is 0 Å². The van der Waals surface area contributed by atoms with Crippen molar-refractivity contribution in [1.29, 1.82) is 0 Å². The first kappa shape index (κ1) is 13.6. The van der Waals surface area contributed by atoms with Gasteiger partial charge in [-0.1, -0.05) is 6.07 Å². The van der Waals surface area contributed by atoms with Crippen LogP contribution in [0.3, 0.4) is 0 Å². The molecule has 3 nitrogen and oxygen atoms in total. The molecular formula is C12H15F2NO2. The van der Waals surface area contributed by atoms with Crippen molar-refractivity contribution < 1.29 is 18.7 Å². The van der Waals surface area contributed by atoms with Gasteiger partial charge in [-0.2, -0.15) is 0 Å². The number of benzene rings is 1. The molecular weight excluding hydrogens is 228 g/mol. The summed E-state index contributed by atoms with van der Waals surface area (Å²) in [5.41, 5.74) is 0.587. The average Bonchev–Trinajstić information content (AvgIpc) is 2.21. The largest absolute Gasteiger partial charge is 0.481 e. The molecule has 1 atom stereocenters. The number of halogens is 2. The van der Waals surface area contributed by atoms with Crippen LogP contribution in [0.25, 0.3) is 0 Å². The van der Waals surface area contributed by atoms with Gasteiger partial charge in [0.2, 0.25) is 0 Å². The van der Waals surface area contributed by atoms with E-state index in [1.54, 1.807) is 19.0 Å². The second-order valence-electron chi connectivity index (χ2n) is 4.17. The third-order valence-corrected chi connectivity index (χ3v) is 2.60. The first-order valence-electron chi connectivity index (χ1n) is 5.22. The Morgan fingerprint density at radius 1 is 1.35 bits per heavy atom. The topological polar surface area (TPSA) is 40.5 Å². The molecule has 1 aromatic rings. The van der Waals surface area contributed by atoms with Crippen LogP contribution in [0, 0.1) is 11.6 Å². The second-order valence-corrected chi connectivity index (χ2v) is 4.17. The van der Waals surface area contributed by atoms with E-state index in [1.165, 1.54) is 6.07 Å². The van der Waals surface area contributed by atoms with Crippen LogP contribution in [0.4, 0.5) is 8.78 Å². The maximum atomic E-state index is 13.0. The number of carbonyl (C=O) groups is 1. The number of carboxylic acid groups (broad SMARTS) is 1. The summed E-state index contributed by atoms with van der Waals surface area (Å²) in [5.74, 6) is -2.71. The Hall–Kier alpha value is -1.49. The monoisotopic (exact) mass is 243 g/mol. The minimum Gasteiger partial charge on any atom is -0.481 e. The van der Waals surface area contributed by atoms with E-state index in [0.29, 0.717) is 12.0 Å². The van der Waals surface area contributed by atoms with Crippen molar-refractivity contribution in [2.45, 2.75) is 18.9 Å². The average molecular weight is 243 g/mol. The Balaban J connectivity index is 2.78. The predicted octanol–water partition coefficient (Wildman–Crippen LogP) is 1.91. The quantitative estimate of drug-likeness (QED) is 0.858. The summed E-state index contributed by atoms with van der Waals surface area (Å²) < 4.78 is 25.7. The van der Waals surface area contributed by atoms with E-state index in [4.69, 9.17) is 5.11 Å². The zero-order valence-corrected chi connectivity index (χ0v) is 9.78. The summed E-state index contributed by atoms with van der Waals surface area (Å²) in [7, 11) is 3.51. The van der Waals surface area contributed by atoms with Gasteiger partial charge in [-0.3, -0.25) is 4.79 Å². The molecule has 94 valence electrons. The molecule has 1 rings (SSSR count). The van der Waals surface area contributed by atoms with Gasteiger partial charge in [0, 0.05) is 6.04 Å². The van der Waals surface area contributed by atoms with E-state index < -0.39 is 17.6 Å². The highest BCUT2D eigenvalue weighted by Crippen LogP contribution is 2.13. The summed E-state index contributed by atoms with van der Waals surface area (Å²) in [6.07, 6.45) is 0.336. The van der Waals surface area contributed by atoms with Crippen molar-refractivity contribution in [3.05, 3.63) is 35.4 Å². The molecule has 0 aromatic heterocycles. The molecule has 0 fully saturated rings. The van der Waals surface area contributed by atoms with Crippen LogP contribution in [0.5, 0.6) is 0 Å². The number of rotatable bonds is 5. The third kappa shape index (κ3) is 4.11. The van der Waals surface area contributed by atoms with Crippen molar-refractivity contribution in [2.75, 3.05) is 14.1 Å². The number of likely N-dealkylation sites (N-methyl/N-ethyl adjacent to an activating group) is 1. The number of carboxylic acids is 1. The standard InChI is InChI=1S/C12H15F2NO2/c1-15(2)9(7-12(16)17)5-8-3-4-10(13)11(14)6-8/h3-4,6,9H,5,7H2,1-2H3,(H,16,17). The molecule has 0 saturated heterocycles. The first-order valence-corrected chi connectivity index (χ1v) is 5.22. The lowest BCUT2D eigenvalue weighted by molar-refractivity contribution is -0.138. The number of hydrogen-bond donors (Lipinski definition) is 1. The minimum absolute atomic E-state index is 0.0357. The molecule has 0 saturated carbocycles. The Labute approximate surface area is 98.7 Å². The molecule has 0 aliphatic rings. The summed E-state index contributed by atoms with van der Waals surface area (Å²) >= 11 is 0. The van der Waals surface area contributed by atoms with Gasteiger partial charge < -0.3 is 10.0 Å². The minimum atomic E-state index is -0.911. The SMILES string of the molecule is CN(C)C(CC(=O)O)Cc1ccc(F)c(F)c1. The molecule has 0 aliphatic heterocycles. The predicted molar refractivity (Wildman–Crippen MR) is 59.8 cm³/mol. The van der Waals surface area contributed by atoms with Crippen LogP contribution in [-0.2, 0) is 11.2 Å². The third-order valence-electron chi connectivity index (χ3n) is 2.60. The van der Waals surface area contributed by atoms with Gasteiger partial charge in [0.05, 0.1) is 6.42 Å². The van der Waals surface area contributed by atoms with Gasteiger partial charge in [0.25, 0.3) is 0 Å². The first-order chi connectivity index (χ1) is 7.90. The van der Waals surface area contributed by atoms with Crippen LogP contribution in [-0.4, -0.2) is 36.1 Å². The molecule has 0 radical (unpaired) electrons. The van der Waals surface area contributed by atoms with Gasteiger partial charge in [-0.05, 0) is 38.2 Å². The summed E-state index contributed by atoms with van der Waals surface area (Å²) in [6, 6.07) is 3.39. The fourth-order valence-electron chi connectivity index (χ4n) is 1.58. The van der Waals surface area contributed by atoms with Crippen LogP contribution in [0.15, 0.2) is 18.2 Å². The van der Waals surface area contributed by atoms with E-state index in [-0.39, 0.29) is 12.5 Å². The fraction of sp³-hybridized carbons (Fsp3) is 0.417. The van der Waals surface area contributed by atoms with Crippen molar-refractivity contribution >= 4 is 5.97 Å². The van der Waals surface area contributed by atoms with Crippen LogP contribution in [0.2, 0.25) is 0 Å². The van der Waals surface area contributed by atoms with Crippen LogP contribution in [0.1, 0.15) is 12.0 Å². The van der Waals surface area contributed by atoms with Gasteiger partial charge >= 0.3 is 5.97 Å². The lowest BCUT2D eigenvalue weighted by atomic mass is 10.0. The Morgan fingerprint density at radius 3 is 2.47 bits per heavy atom. The van der Waals surface area contributed by atoms with E-state index in [9.17, 15) is 13.6 Å². The molecule has 17 heavy (non-hydrogen) atoms. The molecule has 0 spiro atoms. The Kier molecular flexibility index (Phi) is 4.57. The number of nitrogens with zero attached hydrogens (tertiary/aromatic N) is 1. The van der Waals surface area contributed by atoms with Crippen LogP contribution >= 0.6 is 0 Å². The second kappa shape index (κ2) is 5.72. The molecule has 1 aromatic carbocycles. The summed E-state index contributed by atoms with van der Waals surface area (Å²) in [4.78, 5) is 12.4. The van der Waals surface area contributed by atoms with Crippen molar-refractivity contribution in [2.24, 2.45) is 0 Å². The van der Waals surface area contributed by atoms with Gasteiger partial charge in [0.1, 0.15) is 0 Å². The summed E-state index contributed by atoms with van der Waals surface area (Å²) in [5, 5.41) is 8.75. The van der Waals surface area contributed by atoms with Crippen molar-refractivity contribution in [1.82, 2.24) is 4.90 Å². The molecule has 1 unspecified atom stereocenters. The zero-order chi connectivity index (χ0) is 13.0. The van der Waals surface area contributed by atoms with E-state index in [0.717, 1.165) is 12.1 Å². The lowest BCUT2D eigenvalue weighted by Gasteiger charge is -2.22. The molecule has 0 heterocycles. The maximum Gasteiger partial charge on any atom is 0.304 e. The molecule has 0 aliphatic carbocycles. The number of aliphatic carboxylic acids is 1. The molecule has 1 N–H and O–H groups in total. The van der Waals surface area contributed by atoms with Gasteiger partial charge in [-0.25, -0.2) is 8.78 Å². The van der Waals surface area contributed by atoms with Gasteiger partial charge in [-0.15, -0.1) is 0 Å². The normalized spacial score (nSPS) is 12.8. The molecule has 0 bridgehead atoms. The Morgan fingerprint density at radius 2 is 2.00 bits per heavy atom. The maximum absolute atomic E-state index is 13.0. The summed E-state index contributed by atoms with van der Waals surface area (Å²) in [6.45, 7) is 0. The fourth-order valence-corrected chi connectivity index (χ4v) is 1.58. The molecule has 5 heteroatoms. The van der Waals surface area contributed by atoms with E-state index in [2.05, 4.69) is 0 Å². The molecule has 0 amide bonds. The van der Waals surface area contributed by atoms with E-state index in [1.807, 2.05) is 0 Å². The number of hydrogen-bond acceptors (Lipinski definition) is 2. The zero-order valence-electron chi connectivity index (χ0n) is 9.78. The van der Waals surface area contributed by atoms with Crippen molar-refractivity contribution in [3.63, 3.8) is 0 Å².